The lowest BCUT2D eigenvalue weighted by molar-refractivity contribution is -0.124. The zero-order chi connectivity index (χ0) is 12.0. The molecule has 1 heterocycles. The Kier molecular flexibility index (Phi) is 4.52. The van der Waals surface area contributed by atoms with E-state index in [1.54, 1.807) is 12.5 Å². The number of amides is 1. The zero-order valence-electron chi connectivity index (χ0n) is 9.55. The van der Waals surface area contributed by atoms with Crippen LogP contribution in [0.25, 0.3) is 0 Å². The highest BCUT2D eigenvalue weighted by atomic mass is 16.1. The van der Waals surface area contributed by atoms with Crippen LogP contribution in [0.4, 0.5) is 0 Å². The Morgan fingerprint density at radius 3 is 2.94 bits per heavy atom. The monoisotopic (exact) mass is 220 g/mol. The molecular weight excluding hydrogens is 204 g/mol. The molecule has 5 nitrogen and oxygen atoms in total. The van der Waals surface area contributed by atoms with Crippen molar-refractivity contribution < 1.29 is 4.79 Å². The predicted octanol–water partition coefficient (Wildman–Crippen LogP) is 0.938. The minimum atomic E-state index is -0.551. The van der Waals surface area contributed by atoms with Gasteiger partial charge in [0.05, 0.1) is 12.4 Å². The molecule has 1 aromatic rings. The molecule has 0 saturated carbocycles. The van der Waals surface area contributed by atoms with Crippen LogP contribution in [0.1, 0.15) is 20.3 Å². The lowest BCUT2D eigenvalue weighted by Gasteiger charge is -2.15. The van der Waals surface area contributed by atoms with Crippen molar-refractivity contribution in [2.45, 2.75) is 32.9 Å². The molecule has 0 aromatic carbocycles. The van der Waals surface area contributed by atoms with Crippen LogP contribution in [0.3, 0.4) is 0 Å². The van der Waals surface area contributed by atoms with Gasteiger partial charge in [0.1, 0.15) is 5.92 Å². The molecule has 0 bridgehead atoms. The van der Waals surface area contributed by atoms with E-state index in [9.17, 15) is 4.79 Å². The average Bonchev–Trinajstić information content (AvgIpc) is 2.71. The van der Waals surface area contributed by atoms with Crippen LogP contribution >= 0.6 is 0 Å². The van der Waals surface area contributed by atoms with E-state index in [4.69, 9.17) is 5.26 Å². The summed E-state index contributed by atoms with van der Waals surface area (Å²) in [6.45, 7) is 4.39. The highest BCUT2D eigenvalue weighted by Gasteiger charge is 2.17. The molecule has 0 radical (unpaired) electrons. The number of imidazole rings is 1. The van der Waals surface area contributed by atoms with E-state index in [0.29, 0.717) is 13.0 Å². The fraction of sp³-hybridized carbons (Fsp3) is 0.545. The number of nitrogens with one attached hydrogen (secondary N) is 1. The molecule has 2 atom stereocenters. The van der Waals surface area contributed by atoms with E-state index >= 15 is 0 Å². The van der Waals surface area contributed by atoms with Crippen molar-refractivity contribution in [2.75, 3.05) is 0 Å². The molecular formula is C11H16N4O. The third-order valence-electron chi connectivity index (χ3n) is 2.31. The van der Waals surface area contributed by atoms with E-state index in [1.807, 2.05) is 30.7 Å². The molecule has 0 aliphatic heterocycles. The van der Waals surface area contributed by atoms with Crippen molar-refractivity contribution in [3.63, 3.8) is 0 Å². The molecule has 2 unspecified atom stereocenters. The van der Waals surface area contributed by atoms with Gasteiger partial charge in [0.2, 0.25) is 5.91 Å². The van der Waals surface area contributed by atoms with Crippen molar-refractivity contribution >= 4 is 5.91 Å². The number of aromatic nitrogens is 2. The van der Waals surface area contributed by atoms with Gasteiger partial charge in [-0.1, -0.05) is 6.92 Å². The number of rotatable bonds is 5. The molecule has 0 aliphatic carbocycles. The molecule has 86 valence electrons. The fourth-order valence-electron chi connectivity index (χ4n) is 1.44. The second-order valence-corrected chi connectivity index (χ2v) is 3.76. The van der Waals surface area contributed by atoms with E-state index in [-0.39, 0.29) is 11.9 Å². The van der Waals surface area contributed by atoms with Gasteiger partial charge in [-0.2, -0.15) is 5.26 Å². The van der Waals surface area contributed by atoms with E-state index in [1.165, 1.54) is 0 Å². The van der Waals surface area contributed by atoms with Gasteiger partial charge in [0.25, 0.3) is 0 Å². The Labute approximate surface area is 95.1 Å². The maximum Gasteiger partial charge on any atom is 0.237 e. The maximum atomic E-state index is 11.6. The smallest absolute Gasteiger partial charge is 0.237 e. The summed E-state index contributed by atoms with van der Waals surface area (Å²) in [5.74, 6) is -0.747. The van der Waals surface area contributed by atoms with E-state index in [0.717, 1.165) is 0 Å². The Balaban J connectivity index is 2.43. The highest BCUT2D eigenvalue weighted by molar-refractivity contribution is 5.81. The summed E-state index contributed by atoms with van der Waals surface area (Å²) in [5, 5.41) is 11.6. The summed E-state index contributed by atoms with van der Waals surface area (Å²) in [7, 11) is 0. The molecule has 1 N–H and O–H groups in total. The standard InChI is InChI=1S/C11H16N4O/c1-3-10(6-12)11(16)14-9(2)7-15-5-4-13-8-15/h4-5,8-10H,3,7H2,1-2H3,(H,14,16). The van der Waals surface area contributed by atoms with Crippen LogP contribution in [0.15, 0.2) is 18.7 Å². The maximum absolute atomic E-state index is 11.6. The summed E-state index contributed by atoms with van der Waals surface area (Å²) >= 11 is 0. The Bertz CT molecular complexity index is 366. The second-order valence-electron chi connectivity index (χ2n) is 3.76. The third-order valence-corrected chi connectivity index (χ3v) is 2.31. The largest absolute Gasteiger partial charge is 0.351 e. The second kappa shape index (κ2) is 5.91. The molecule has 0 saturated heterocycles. The van der Waals surface area contributed by atoms with Crippen molar-refractivity contribution in [3.8, 4) is 6.07 Å². The van der Waals surface area contributed by atoms with Crippen LogP contribution in [0.2, 0.25) is 0 Å². The van der Waals surface area contributed by atoms with Gasteiger partial charge >= 0.3 is 0 Å². The highest BCUT2D eigenvalue weighted by Crippen LogP contribution is 2.01. The summed E-state index contributed by atoms with van der Waals surface area (Å²) in [6, 6.07) is 1.97. The molecule has 0 spiro atoms. The molecule has 0 fully saturated rings. The molecule has 0 aliphatic rings. The van der Waals surface area contributed by atoms with Gasteiger partial charge in [-0.25, -0.2) is 4.98 Å². The van der Waals surface area contributed by atoms with E-state index < -0.39 is 5.92 Å². The first-order valence-corrected chi connectivity index (χ1v) is 5.33. The van der Waals surface area contributed by atoms with Gasteiger partial charge in [-0.3, -0.25) is 4.79 Å². The van der Waals surface area contributed by atoms with Crippen LogP contribution in [0.5, 0.6) is 0 Å². The van der Waals surface area contributed by atoms with Gasteiger partial charge < -0.3 is 9.88 Å². The molecule has 5 heteroatoms. The van der Waals surface area contributed by atoms with Gasteiger partial charge in [0, 0.05) is 25.0 Å². The van der Waals surface area contributed by atoms with Crippen LogP contribution in [-0.4, -0.2) is 21.5 Å². The molecule has 16 heavy (non-hydrogen) atoms. The average molecular weight is 220 g/mol. The molecule has 1 rings (SSSR count). The number of nitrogens with zero attached hydrogens (tertiary/aromatic N) is 3. The lowest BCUT2D eigenvalue weighted by Crippen LogP contribution is -2.38. The Morgan fingerprint density at radius 2 is 2.44 bits per heavy atom. The SMILES string of the molecule is CCC(C#N)C(=O)NC(C)Cn1ccnc1. The molecule has 1 aromatic heterocycles. The summed E-state index contributed by atoms with van der Waals surface area (Å²) in [5.41, 5.74) is 0. The van der Waals surface area contributed by atoms with Crippen LogP contribution in [0, 0.1) is 17.2 Å². The fourth-order valence-corrected chi connectivity index (χ4v) is 1.44. The first-order chi connectivity index (χ1) is 7.67. The number of nitriles is 1. The number of hydrogen-bond acceptors (Lipinski definition) is 3. The van der Waals surface area contributed by atoms with Gasteiger partial charge in [-0.05, 0) is 13.3 Å². The number of hydrogen-bond donors (Lipinski definition) is 1. The van der Waals surface area contributed by atoms with Crippen molar-refractivity contribution in [2.24, 2.45) is 5.92 Å². The van der Waals surface area contributed by atoms with Gasteiger partial charge in [-0.15, -0.1) is 0 Å². The summed E-state index contributed by atoms with van der Waals surface area (Å²) in [4.78, 5) is 15.5. The molecule has 1 amide bonds. The minimum Gasteiger partial charge on any atom is -0.351 e. The summed E-state index contributed by atoms with van der Waals surface area (Å²) in [6.07, 6.45) is 5.77. The number of carbonyl (C=O) groups excluding carboxylic acids is 1. The predicted molar refractivity (Wildman–Crippen MR) is 59.2 cm³/mol. The van der Waals surface area contributed by atoms with E-state index in [2.05, 4.69) is 10.3 Å². The Morgan fingerprint density at radius 1 is 1.69 bits per heavy atom. The topological polar surface area (TPSA) is 70.7 Å². The van der Waals surface area contributed by atoms with Crippen molar-refractivity contribution in [1.82, 2.24) is 14.9 Å². The number of carbonyl (C=O) groups is 1. The quantitative estimate of drug-likeness (QED) is 0.802. The van der Waals surface area contributed by atoms with Crippen LogP contribution in [-0.2, 0) is 11.3 Å². The summed E-state index contributed by atoms with van der Waals surface area (Å²) < 4.78 is 1.89. The first-order valence-electron chi connectivity index (χ1n) is 5.33. The third kappa shape index (κ3) is 3.39. The lowest BCUT2D eigenvalue weighted by atomic mass is 10.1. The van der Waals surface area contributed by atoms with Crippen molar-refractivity contribution in [3.05, 3.63) is 18.7 Å². The Hall–Kier alpha value is -1.83. The normalized spacial score (nSPS) is 13.8. The minimum absolute atomic E-state index is 0.0101. The first kappa shape index (κ1) is 12.2. The van der Waals surface area contributed by atoms with Crippen LogP contribution < -0.4 is 5.32 Å². The van der Waals surface area contributed by atoms with Crippen molar-refractivity contribution in [1.29, 1.82) is 5.26 Å². The van der Waals surface area contributed by atoms with Gasteiger partial charge in [0.15, 0.2) is 0 Å². The zero-order valence-corrected chi connectivity index (χ0v) is 9.55.